The summed E-state index contributed by atoms with van der Waals surface area (Å²) in [5.74, 6) is -0.206. The van der Waals surface area contributed by atoms with Crippen LogP contribution in [0.3, 0.4) is 0 Å². The van der Waals surface area contributed by atoms with Gasteiger partial charge in [0, 0.05) is 17.4 Å². The molecule has 1 saturated carbocycles. The number of rotatable bonds is 4. The van der Waals surface area contributed by atoms with Crippen LogP contribution < -0.4 is 8.92 Å². The van der Waals surface area contributed by atoms with Gasteiger partial charge in [0.25, 0.3) is 0 Å². The van der Waals surface area contributed by atoms with Crippen LogP contribution in [-0.2, 0) is 10.1 Å². The number of ether oxygens (including phenoxy) is 1. The van der Waals surface area contributed by atoms with Crippen LogP contribution in [0.2, 0.25) is 0 Å². The second-order valence-electron chi connectivity index (χ2n) is 7.38. The van der Waals surface area contributed by atoms with Crippen molar-refractivity contribution in [1.82, 2.24) is 9.78 Å². The molecule has 1 aromatic heterocycles. The number of methoxy groups -OCH3 is 1. The van der Waals surface area contributed by atoms with E-state index in [1.165, 1.54) is 10.7 Å². The number of benzene rings is 2. The molecule has 2 aliphatic rings. The van der Waals surface area contributed by atoms with Crippen molar-refractivity contribution in [3.63, 3.8) is 0 Å². The lowest BCUT2D eigenvalue weighted by molar-refractivity contribution is 0.413. The van der Waals surface area contributed by atoms with Crippen LogP contribution in [0.1, 0.15) is 41.5 Å². The highest BCUT2D eigenvalue weighted by molar-refractivity contribution is 7.87. The largest absolute Gasteiger partial charge is 0.497 e. The number of nitrogens with zero attached hydrogens (tertiary/aromatic N) is 2. The number of para-hydroxylation sites is 1. The van der Waals surface area contributed by atoms with Crippen molar-refractivity contribution in [2.24, 2.45) is 0 Å². The number of halogens is 1. The van der Waals surface area contributed by atoms with Gasteiger partial charge in [-0.2, -0.15) is 18.2 Å². The average Bonchev–Trinajstić information content (AvgIpc) is 3.49. The summed E-state index contributed by atoms with van der Waals surface area (Å²) in [6.07, 6.45) is 1.94. The van der Waals surface area contributed by atoms with Crippen LogP contribution >= 0.6 is 0 Å². The zero-order valence-electron chi connectivity index (χ0n) is 15.7. The van der Waals surface area contributed by atoms with E-state index in [4.69, 9.17) is 8.92 Å². The van der Waals surface area contributed by atoms with Crippen LogP contribution in [0, 0.1) is 5.82 Å². The Morgan fingerprint density at radius 3 is 2.69 bits per heavy atom. The molecular weight excluding hydrogens is 395 g/mol. The van der Waals surface area contributed by atoms with Gasteiger partial charge < -0.3 is 8.92 Å². The number of hydrogen-bond donors (Lipinski definition) is 0. The van der Waals surface area contributed by atoms with E-state index < -0.39 is 21.9 Å². The summed E-state index contributed by atoms with van der Waals surface area (Å²) in [6.45, 7) is 0. The van der Waals surface area contributed by atoms with Gasteiger partial charge in [-0.25, -0.2) is 4.39 Å². The molecule has 0 saturated heterocycles. The second-order valence-corrected chi connectivity index (χ2v) is 8.99. The zero-order valence-corrected chi connectivity index (χ0v) is 16.5. The first kappa shape index (κ1) is 18.2. The second kappa shape index (κ2) is 6.59. The maximum atomic E-state index is 14.5. The highest BCUT2D eigenvalue weighted by atomic mass is 32.2. The van der Waals surface area contributed by atoms with Crippen LogP contribution in [-0.4, -0.2) is 31.1 Å². The predicted octanol–water partition coefficient (Wildman–Crippen LogP) is 3.75. The van der Waals surface area contributed by atoms with Crippen molar-refractivity contribution in [2.75, 3.05) is 12.9 Å². The Morgan fingerprint density at radius 1 is 1.17 bits per heavy atom. The molecule has 2 aromatic carbocycles. The van der Waals surface area contributed by atoms with E-state index >= 15 is 0 Å². The summed E-state index contributed by atoms with van der Waals surface area (Å²) >= 11 is 0. The monoisotopic (exact) mass is 414 g/mol. The van der Waals surface area contributed by atoms with E-state index in [2.05, 4.69) is 5.10 Å². The van der Waals surface area contributed by atoms with Crippen LogP contribution in [0.25, 0.3) is 5.69 Å². The number of hydrogen-bond acceptors (Lipinski definition) is 5. The Morgan fingerprint density at radius 2 is 1.97 bits per heavy atom. The first-order valence-corrected chi connectivity index (χ1v) is 11.0. The normalized spacial score (nSPS) is 20.0. The van der Waals surface area contributed by atoms with Crippen molar-refractivity contribution >= 4 is 10.1 Å². The van der Waals surface area contributed by atoms with Crippen LogP contribution in [0.4, 0.5) is 4.39 Å². The maximum Gasteiger partial charge on any atom is 0.311 e. The average molecular weight is 414 g/mol. The molecule has 0 N–H and O–H groups in total. The van der Waals surface area contributed by atoms with E-state index in [9.17, 15) is 12.8 Å². The fraction of sp³-hybridized carbons (Fsp3) is 0.286. The van der Waals surface area contributed by atoms with Gasteiger partial charge in [-0.3, -0.25) is 0 Å². The minimum Gasteiger partial charge on any atom is -0.497 e. The van der Waals surface area contributed by atoms with Crippen molar-refractivity contribution in [3.05, 3.63) is 71.2 Å². The lowest BCUT2D eigenvalue weighted by Crippen LogP contribution is -2.27. The molecule has 6 nitrogen and oxygen atoms in total. The molecule has 1 aliphatic carbocycles. The predicted molar refractivity (Wildman–Crippen MR) is 105 cm³/mol. The molecule has 29 heavy (non-hydrogen) atoms. The quantitative estimate of drug-likeness (QED) is 0.608. The summed E-state index contributed by atoms with van der Waals surface area (Å²) in [5.41, 5.74) is 2.47. The summed E-state index contributed by atoms with van der Waals surface area (Å²) in [4.78, 5) is 0. The molecule has 1 atom stereocenters. The van der Waals surface area contributed by atoms with Gasteiger partial charge >= 0.3 is 10.1 Å². The standard InChI is InChI=1S/C21H19FN2O4S/c1-27-15-6-4-5-14(11-15)16-12-29(25,26)28-21-19(16)20(13-9-10-13)23-24(21)18-8-3-2-7-17(18)22/h2-8,11,13,16H,9-10,12H2,1H3. The fourth-order valence-corrected chi connectivity index (χ4v) is 5.08. The molecule has 0 bridgehead atoms. The molecule has 8 heteroatoms. The Kier molecular flexibility index (Phi) is 4.13. The van der Waals surface area contributed by atoms with E-state index in [1.54, 1.807) is 25.3 Å². The lowest BCUT2D eigenvalue weighted by atomic mass is 9.91. The minimum absolute atomic E-state index is 0.0797. The number of aromatic nitrogens is 2. The smallest absolute Gasteiger partial charge is 0.311 e. The van der Waals surface area contributed by atoms with Crippen LogP contribution in [0.5, 0.6) is 11.6 Å². The summed E-state index contributed by atoms with van der Waals surface area (Å²) in [6, 6.07) is 13.5. The Balaban J connectivity index is 1.75. The van der Waals surface area contributed by atoms with Gasteiger partial charge in [0.05, 0.1) is 18.6 Å². The van der Waals surface area contributed by atoms with Crippen molar-refractivity contribution in [3.8, 4) is 17.3 Å². The molecule has 0 spiro atoms. The van der Waals surface area contributed by atoms with Crippen molar-refractivity contribution in [2.45, 2.75) is 24.7 Å². The molecule has 150 valence electrons. The topological polar surface area (TPSA) is 70.4 Å². The van der Waals surface area contributed by atoms with Gasteiger partial charge in [-0.15, -0.1) is 0 Å². The highest BCUT2D eigenvalue weighted by Crippen LogP contribution is 2.50. The minimum atomic E-state index is -3.87. The Bertz CT molecular complexity index is 1200. The maximum absolute atomic E-state index is 14.5. The van der Waals surface area contributed by atoms with E-state index in [-0.39, 0.29) is 23.2 Å². The summed E-state index contributed by atoms with van der Waals surface area (Å²) < 4.78 is 51.8. The highest BCUT2D eigenvalue weighted by Gasteiger charge is 2.43. The van der Waals surface area contributed by atoms with Gasteiger partial charge in [0.1, 0.15) is 17.3 Å². The lowest BCUT2D eigenvalue weighted by Gasteiger charge is -2.24. The van der Waals surface area contributed by atoms with Gasteiger partial charge in [0.15, 0.2) is 0 Å². The third-order valence-electron chi connectivity index (χ3n) is 5.37. The molecule has 0 radical (unpaired) electrons. The van der Waals surface area contributed by atoms with E-state index in [0.717, 1.165) is 29.7 Å². The van der Waals surface area contributed by atoms with Gasteiger partial charge in [-0.1, -0.05) is 24.3 Å². The van der Waals surface area contributed by atoms with Gasteiger partial charge in [-0.05, 0) is 42.7 Å². The Labute approximate surface area is 168 Å². The molecule has 5 rings (SSSR count). The van der Waals surface area contributed by atoms with Gasteiger partial charge in [0.2, 0.25) is 5.88 Å². The molecule has 1 unspecified atom stereocenters. The summed E-state index contributed by atoms with van der Waals surface area (Å²) in [7, 11) is -2.31. The van der Waals surface area contributed by atoms with E-state index in [0.29, 0.717) is 5.75 Å². The van der Waals surface area contributed by atoms with Crippen molar-refractivity contribution < 1.29 is 21.7 Å². The van der Waals surface area contributed by atoms with Crippen molar-refractivity contribution in [1.29, 1.82) is 0 Å². The molecule has 0 amide bonds. The zero-order chi connectivity index (χ0) is 20.2. The SMILES string of the molecule is COc1cccc(C2CS(=O)(=O)Oc3c2c(C2CC2)nn3-c2ccccc2F)c1. The third-order valence-corrected chi connectivity index (χ3v) is 6.53. The van der Waals surface area contributed by atoms with Crippen LogP contribution in [0.15, 0.2) is 48.5 Å². The molecule has 3 aromatic rings. The first-order valence-electron chi connectivity index (χ1n) is 9.40. The molecule has 2 heterocycles. The third kappa shape index (κ3) is 3.17. The molecule has 1 aliphatic heterocycles. The van der Waals surface area contributed by atoms with E-state index in [1.807, 2.05) is 24.3 Å². The Hall–Kier alpha value is -2.87. The number of fused-ring (bicyclic) bond motifs is 1. The fourth-order valence-electron chi connectivity index (χ4n) is 3.85. The first-order chi connectivity index (χ1) is 14.0. The molecule has 1 fully saturated rings. The molecular formula is C21H19FN2O4S. The summed E-state index contributed by atoms with van der Waals surface area (Å²) in [5, 5.41) is 4.62.